The van der Waals surface area contributed by atoms with Gasteiger partial charge in [0.25, 0.3) is 17.5 Å². The van der Waals surface area contributed by atoms with Gasteiger partial charge in [-0.3, -0.25) is 25.1 Å². The second kappa shape index (κ2) is 8.60. The predicted octanol–water partition coefficient (Wildman–Crippen LogP) is 3.80. The number of hydrogen-bond acceptors (Lipinski definition) is 7. The molecule has 0 aromatic heterocycles. The van der Waals surface area contributed by atoms with E-state index in [2.05, 4.69) is 5.43 Å². The van der Waals surface area contributed by atoms with Crippen molar-refractivity contribution in [1.29, 1.82) is 0 Å². The Morgan fingerprint density at radius 1 is 1.31 bits per heavy atom. The summed E-state index contributed by atoms with van der Waals surface area (Å²) < 4.78 is 5.17. The highest BCUT2D eigenvalue weighted by Gasteiger charge is 2.34. The van der Waals surface area contributed by atoms with E-state index in [1.807, 2.05) is 0 Å². The Hall–Kier alpha value is -2.95. The van der Waals surface area contributed by atoms with Crippen LogP contribution < -0.4 is 10.2 Å². The molecular formula is C18H12ClN3O5S2. The number of hydrogen-bond donors (Lipinski definition) is 1. The van der Waals surface area contributed by atoms with Gasteiger partial charge in [-0.1, -0.05) is 29.4 Å². The minimum atomic E-state index is -0.611. The molecule has 2 amide bonds. The van der Waals surface area contributed by atoms with Gasteiger partial charge in [-0.05, 0) is 54.2 Å². The van der Waals surface area contributed by atoms with Crippen LogP contribution in [0.4, 0.5) is 5.69 Å². The number of amides is 2. The van der Waals surface area contributed by atoms with Gasteiger partial charge < -0.3 is 4.74 Å². The Labute approximate surface area is 179 Å². The lowest BCUT2D eigenvalue weighted by atomic mass is 10.2. The summed E-state index contributed by atoms with van der Waals surface area (Å²) in [6, 6.07) is 10.5. The van der Waals surface area contributed by atoms with Crippen LogP contribution in [0.1, 0.15) is 15.9 Å². The van der Waals surface area contributed by atoms with Crippen molar-refractivity contribution in [2.24, 2.45) is 0 Å². The number of hydrazine groups is 1. The van der Waals surface area contributed by atoms with E-state index in [1.165, 1.54) is 31.4 Å². The summed E-state index contributed by atoms with van der Waals surface area (Å²) in [4.78, 5) is 35.6. The largest absolute Gasteiger partial charge is 0.497 e. The highest BCUT2D eigenvalue weighted by Crippen LogP contribution is 2.33. The number of ether oxygens (including phenoxy) is 1. The van der Waals surface area contributed by atoms with Crippen molar-refractivity contribution in [2.45, 2.75) is 0 Å². The Kier molecular flexibility index (Phi) is 6.16. The van der Waals surface area contributed by atoms with Gasteiger partial charge in [0.05, 0.1) is 16.9 Å². The standard InChI is InChI=1S/C18H12ClN3O5S2/c1-27-12-5-3-11(4-6-12)16(23)20-21-17(24)15(29-18(21)28)9-10-2-7-13(19)14(8-10)22(25)26/h2-9H,1H3,(H,20,23). The second-order valence-electron chi connectivity index (χ2n) is 5.65. The van der Waals surface area contributed by atoms with Gasteiger partial charge in [0, 0.05) is 11.6 Å². The van der Waals surface area contributed by atoms with Gasteiger partial charge in [-0.2, -0.15) is 5.01 Å². The van der Waals surface area contributed by atoms with Crippen molar-refractivity contribution in [2.75, 3.05) is 7.11 Å². The predicted molar refractivity (Wildman–Crippen MR) is 114 cm³/mol. The quantitative estimate of drug-likeness (QED) is 0.320. The summed E-state index contributed by atoms with van der Waals surface area (Å²) in [6.45, 7) is 0. The van der Waals surface area contributed by atoms with Crippen molar-refractivity contribution < 1.29 is 19.2 Å². The van der Waals surface area contributed by atoms with E-state index in [1.54, 1.807) is 24.3 Å². The molecule has 2 aromatic rings. The van der Waals surface area contributed by atoms with Crippen molar-refractivity contribution in [3.05, 3.63) is 73.6 Å². The number of halogens is 1. The molecule has 1 fully saturated rings. The molecular weight excluding hydrogens is 438 g/mol. The normalized spacial score (nSPS) is 15.0. The van der Waals surface area contributed by atoms with Gasteiger partial charge in [0.15, 0.2) is 4.32 Å². The molecule has 1 saturated heterocycles. The zero-order valence-electron chi connectivity index (χ0n) is 14.7. The van der Waals surface area contributed by atoms with Gasteiger partial charge in [-0.15, -0.1) is 0 Å². The molecule has 148 valence electrons. The van der Waals surface area contributed by atoms with Crippen molar-refractivity contribution in [3.63, 3.8) is 0 Å². The smallest absolute Gasteiger partial charge is 0.288 e. The molecule has 0 radical (unpaired) electrons. The second-order valence-corrected chi connectivity index (χ2v) is 7.74. The van der Waals surface area contributed by atoms with Crippen LogP contribution in [0.2, 0.25) is 5.02 Å². The first-order chi connectivity index (χ1) is 13.8. The fourth-order valence-electron chi connectivity index (χ4n) is 2.38. The third-order valence-corrected chi connectivity index (χ3v) is 5.45. The first-order valence-electron chi connectivity index (χ1n) is 7.97. The van der Waals surface area contributed by atoms with Crippen LogP contribution >= 0.6 is 35.6 Å². The van der Waals surface area contributed by atoms with Crippen molar-refractivity contribution in [1.82, 2.24) is 10.4 Å². The number of nitrogens with one attached hydrogen (secondary N) is 1. The molecule has 1 aliphatic heterocycles. The number of thioether (sulfide) groups is 1. The van der Waals surface area contributed by atoms with Crippen LogP contribution in [-0.4, -0.2) is 33.2 Å². The maximum atomic E-state index is 12.6. The Balaban J connectivity index is 1.78. The van der Waals surface area contributed by atoms with Crippen LogP contribution in [0.3, 0.4) is 0 Å². The maximum Gasteiger partial charge on any atom is 0.288 e. The van der Waals surface area contributed by atoms with Crippen LogP contribution in [0.15, 0.2) is 47.4 Å². The summed E-state index contributed by atoms with van der Waals surface area (Å²) in [5.74, 6) is -0.473. The number of methoxy groups -OCH3 is 1. The number of nitro groups is 1. The van der Waals surface area contributed by atoms with Gasteiger partial charge in [0.2, 0.25) is 0 Å². The molecule has 29 heavy (non-hydrogen) atoms. The molecule has 0 aliphatic carbocycles. The molecule has 1 aliphatic rings. The third-order valence-electron chi connectivity index (χ3n) is 3.82. The molecule has 2 aromatic carbocycles. The molecule has 3 rings (SSSR count). The number of nitro benzene ring substituents is 1. The van der Waals surface area contributed by atoms with Gasteiger partial charge >= 0.3 is 0 Å². The Bertz CT molecular complexity index is 1060. The van der Waals surface area contributed by atoms with E-state index < -0.39 is 16.7 Å². The van der Waals surface area contributed by atoms with E-state index >= 15 is 0 Å². The molecule has 1 heterocycles. The van der Waals surface area contributed by atoms with E-state index in [0.717, 1.165) is 16.8 Å². The van der Waals surface area contributed by atoms with E-state index in [0.29, 0.717) is 16.9 Å². The maximum absolute atomic E-state index is 12.6. The number of carbonyl (C=O) groups excluding carboxylic acids is 2. The summed E-state index contributed by atoms with van der Waals surface area (Å²) in [6.07, 6.45) is 1.45. The van der Waals surface area contributed by atoms with Crippen molar-refractivity contribution in [3.8, 4) is 5.75 Å². The zero-order chi connectivity index (χ0) is 21.1. The molecule has 0 atom stereocenters. The zero-order valence-corrected chi connectivity index (χ0v) is 17.1. The van der Waals surface area contributed by atoms with Crippen molar-refractivity contribution >= 4 is 63.5 Å². The number of benzene rings is 2. The van der Waals surface area contributed by atoms with E-state index in [9.17, 15) is 19.7 Å². The molecule has 0 unspecified atom stereocenters. The topological polar surface area (TPSA) is 102 Å². The minimum absolute atomic E-state index is 0.00791. The molecule has 11 heteroatoms. The lowest BCUT2D eigenvalue weighted by Gasteiger charge is -2.15. The van der Waals surface area contributed by atoms with Crippen LogP contribution in [0, 0.1) is 10.1 Å². The van der Waals surface area contributed by atoms with Crippen LogP contribution in [0.25, 0.3) is 6.08 Å². The average Bonchev–Trinajstić information content (AvgIpc) is 2.96. The van der Waals surface area contributed by atoms with Crippen LogP contribution in [-0.2, 0) is 4.79 Å². The Morgan fingerprint density at radius 3 is 2.62 bits per heavy atom. The fourth-order valence-corrected chi connectivity index (χ4v) is 3.75. The monoisotopic (exact) mass is 449 g/mol. The fraction of sp³-hybridized carbons (Fsp3) is 0.0556. The summed E-state index contributed by atoms with van der Waals surface area (Å²) in [5.41, 5.74) is 2.91. The van der Waals surface area contributed by atoms with E-state index in [4.69, 9.17) is 28.6 Å². The minimum Gasteiger partial charge on any atom is -0.497 e. The lowest BCUT2D eigenvalue weighted by Crippen LogP contribution is -2.44. The van der Waals surface area contributed by atoms with Gasteiger partial charge in [0.1, 0.15) is 10.8 Å². The Morgan fingerprint density at radius 2 is 2.00 bits per heavy atom. The number of nitrogens with zero attached hydrogens (tertiary/aromatic N) is 2. The first kappa shape index (κ1) is 20.8. The van der Waals surface area contributed by atoms with Crippen LogP contribution in [0.5, 0.6) is 5.75 Å². The van der Waals surface area contributed by atoms with E-state index in [-0.39, 0.29) is 19.9 Å². The molecule has 1 N–H and O–H groups in total. The molecule has 0 spiro atoms. The highest BCUT2D eigenvalue weighted by molar-refractivity contribution is 8.26. The van der Waals surface area contributed by atoms with Gasteiger partial charge in [-0.25, -0.2) is 0 Å². The first-order valence-corrected chi connectivity index (χ1v) is 9.57. The summed E-state index contributed by atoms with van der Waals surface area (Å²) >= 11 is 11.9. The SMILES string of the molecule is COc1ccc(C(=O)NN2C(=O)C(=Cc3ccc(Cl)c([N+](=O)[O-])c3)SC2=S)cc1. The summed E-state index contributed by atoms with van der Waals surface area (Å²) in [5, 5.41) is 12.0. The third kappa shape index (κ3) is 4.56. The number of carbonyl (C=O) groups is 2. The number of thiocarbonyl (C=S) groups is 1. The average molecular weight is 450 g/mol. The molecule has 8 nitrogen and oxygen atoms in total. The highest BCUT2D eigenvalue weighted by atomic mass is 35.5. The summed E-state index contributed by atoms with van der Waals surface area (Å²) in [7, 11) is 1.51. The number of rotatable bonds is 5. The lowest BCUT2D eigenvalue weighted by molar-refractivity contribution is -0.384. The molecule has 0 saturated carbocycles. The molecule has 0 bridgehead atoms.